The van der Waals surface area contributed by atoms with Gasteiger partial charge in [-0.25, -0.2) is 8.42 Å². The van der Waals surface area contributed by atoms with Crippen molar-refractivity contribution in [3.05, 3.63) is 35.2 Å². The number of aliphatic hydroxyl groups excluding tert-OH is 1. The molecule has 240 valence electrons. The largest absolute Gasteiger partial charge is 0.490 e. The molecule has 12 heteroatoms. The zero-order valence-electron chi connectivity index (χ0n) is 26.3. The molecule has 2 aromatic rings. The monoisotopic (exact) mass is 620 g/mol. The number of aliphatic hydroxyl groups is 1. The summed E-state index contributed by atoms with van der Waals surface area (Å²) in [5, 5.41) is 13.9. The molecule has 2 heterocycles. The van der Waals surface area contributed by atoms with Crippen LogP contribution in [-0.2, 0) is 14.8 Å². The van der Waals surface area contributed by atoms with Crippen LogP contribution in [-0.4, -0.2) is 92.5 Å². The summed E-state index contributed by atoms with van der Waals surface area (Å²) in [6, 6.07) is 4.23. The van der Waals surface area contributed by atoms with Crippen molar-refractivity contribution in [1.82, 2.24) is 15.0 Å². The second kappa shape index (κ2) is 14.4. The van der Waals surface area contributed by atoms with Gasteiger partial charge in [0.2, 0.25) is 0 Å². The molecule has 43 heavy (non-hydrogen) atoms. The number of anilines is 1. The van der Waals surface area contributed by atoms with Crippen LogP contribution in [0, 0.1) is 25.7 Å². The van der Waals surface area contributed by atoms with Gasteiger partial charge < -0.3 is 28.9 Å². The van der Waals surface area contributed by atoms with E-state index in [0.29, 0.717) is 18.9 Å². The molecular weight excluding hydrogens is 572 g/mol. The molecule has 1 aromatic carbocycles. The van der Waals surface area contributed by atoms with E-state index in [-0.39, 0.29) is 58.2 Å². The number of hydrogen-bond acceptors (Lipinski definition) is 9. The number of nitrogens with one attached hydrogen (secondary N) is 1. The van der Waals surface area contributed by atoms with Gasteiger partial charge in [0.05, 0.1) is 30.4 Å². The highest BCUT2D eigenvalue weighted by molar-refractivity contribution is 7.92. The molecule has 4 atom stereocenters. The molecule has 1 aliphatic carbocycles. The van der Waals surface area contributed by atoms with Gasteiger partial charge in [0.1, 0.15) is 11.4 Å². The fraction of sp³-hybridized carbons (Fsp3) is 0.677. The van der Waals surface area contributed by atoms with Crippen LogP contribution in [0.4, 0.5) is 5.69 Å². The van der Waals surface area contributed by atoms with Crippen LogP contribution in [0.15, 0.2) is 27.6 Å². The van der Waals surface area contributed by atoms with Gasteiger partial charge in [0, 0.05) is 37.8 Å². The molecule has 0 unspecified atom stereocenters. The van der Waals surface area contributed by atoms with Crippen molar-refractivity contribution < 1.29 is 32.3 Å². The Bertz CT molecular complexity index is 1320. The summed E-state index contributed by atoms with van der Waals surface area (Å²) in [5.41, 5.74) is 0.670. The molecule has 1 amide bonds. The minimum absolute atomic E-state index is 0.0212. The molecule has 0 spiro atoms. The first-order valence-corrected chi connectivity index (χ1v) is 16.9. The number of aryl methyl sites for hydroxylation is 2. The van der Waals surface area contributed by atoms with E-state index < -0.39 is 16.1 Å². The van der Waals surface area contributed by atoms with Crippen molar-refractivity contribution in [2.45, 2.75) is 89.9 Å². The number of carbonyl (C=O) groups excluding carboxylic acids is 1. The molecule has 1 aliphatic heterocycles. The van der Waals surface area contributed by atoms with Gasteiger partial charge >= 0.3 is 0 Å². The fourth-order valence-electron chi connectivity index (χ4n) is 5.64. The SMILES string of the molecule is Cc1noc(C)c1S(=O)(=O)Nc1ccc2c(c1)C(=O)N([C@@H](C)CO)C[C@@H](C)[C@@H](CN(C)CC1CC1)OCCCC[C@@H](C)O2. The molecule has 1 aromatic heterocycles. The molecule has 0 saturated heterocycles. The molecule has 2 aliphatic rings. The van der Waals surface area contributed by atoms with E-state index in [0.717, 1.165) is 38.3 Å². The first kappa shape index (κ1) is 33.2. The number of benzene rings is 1. The number of ether oxygens (including phenoxy) is 2. The lowest BCUT2D eigenvalue weighted by Crippen LogP contribution is -2.47. The third-order valence-electron chi connectivity index (χ3n) is 8.30. The predicted octanol–water partition coefficient (Wildman–Crippen LogP) is 4.23. The number of hydrogen-bond donors (Lipinski definition) is 2. The van der Waals surface area contributed by atoms with Crippen molar-refractivity contribution in [1.29, 1.82) is 0 Å². The van der Waals surface area contributed by atoms with Gasteiger partial charge in [-0.2, -0.15) is 0 Å². The maximum atomic E-state index is 14.3. The Labute approximate surface area is 255 Å². The average Bonchev–Trinajstić information content (AvgIpc) is 3.69. The maximum absolute atomic E-state index is 14.3. The van der Waals surface area contributed by atoms with Gasteiger partial charge in [-0.1, -0.05) is 12.1 Å². The van der Waals surface area contributed by atoms with Crippen LogP contribution in [0.5, 0.6) is 5.75 Å². The third-order valence-corrected chi connectivity index (χ3v) is 9.92. The molecule has 1 fully saturated rings. The van der Waals surface area contributed by atoms with Crippen LogP contribution in [0.2, 0.25) is 0 Å². The molecule has 4 rings (SSSR count). The smallest absolute Gasteiger partial charge is 0.267 e. The number of rotatable bonds is 9. The number of fused-ring (bicyclic) bond motifs is 1. The van der Waals surface area contributed by atoms with Crippen LogP contribution in [0.25, 0.3) is 0 Å². The molecule has 1 saturated carbocycles. The Balaban J connectivity index is 1.67. The van der Waals surface area contributed by atoms with Crippen molar-refractivity contribution in [3.8, 4) is 5.75 Å². The summed E-state index contributed by atoms with van der Waals surface area (Å²) >= 11 is 0. The Hall–Kier alpha value is -2.67. The number of aromatic nitrogens is 1. The van der Waals surface area contributed by atoms with Gasteiger partial charge in [-0.05, 0) is 91.0 Å². The minimum atomic E-state index is -4.03. The van der Waals surface area contributed by atoms with Gasteiger partial charge in [-0.3, -0.25) is 9.52 Å². The minimum Gasteiger partial charge on any atom is -0.490 e. The fourth-order valence-corrected chi connectivity index (χ4v) is 7.02. The topological polar surface area (TPSA) is 134 Å². The van der Waals surface area contributed by atoms with Crippen molar-refractivity contribution in [2.75, 3.05) is 44.6 Å². The van der Waals surface area contributed by atoms with Crippen LogP contribution < -0.4 is 9.46 Å². The first-order chi connectivity index (χ1) is 20.4. The third kappa shape index (κ3) is 8.71. The Kier molecular flexibility index (Phi) is 11.1. The first-order valence-electron chi connectivity index (χ1n) is 15.4. The lowest BCUT2D eigenvalue weighted by atomic mass is 10.0. The number of carbonyl (C=O) groups is 1. The normalized spacial score (nSPS) is 23.4. The maximum Gasteiger partial charge on any atom is 0.267 e. The zero-order valence-corrected chi connectivity index (χ0v) is 27.2. The average molecular weight is 621 g/mol. The highest BCUT2D eigenvalue weighted by Crippen LogP contribution is 2.31. The van der Waals surface area contributed by atoms with Gasteiger partial charge in [0.25, 0.3) is 15.9 Å². The summed E-state index contributed by atoms with van der Waals surface area (Å²) < 4.78 is 46.8. The van der Waals surface area contributed by atoms with Crippen molar-refractivity contribution in [2.24, 2.45) is 11.8 Å². The Morgan fingerprint density at radius 1 is 1.16 bits per heavy atom. The van der Waals surface area contributed by atoms with E-state index in [1.807, 2.05) is 6.92 Å². The van der Waals surface area contributed by atoms with E-state index in [1.54, 1.807) is 30.9 Å². The van der Waals surface area contributed by atoms with E-state index in [4.69, 9.17) is 14.0 Å². The standard InChI is InChI=1S/C31H48N4O7S/c1-20-16-35(21(2)19-36)31(37)27-15-26(33-43(38,39)30-23(4)32-42-24(30)5)12-13-28(27)41-22(3)9-7-8-14-40-29(20)18-34(6)17-25-10-11-25/h12-13,15,20-22,25,29,33,36H,7-11,14,16-19H2,1-6H3/t20-,21+,22-,29-/m1/s1. The number of sulfonamides is 1. The van der Waals surface area contributed by atoms with Crippen LogP contribution >= 0.6 is 0 Å². The van der Waals surface area contributed by atoms with Crippen LogP contribution in [0.1, 0.15) is 74.7 Å². The summed E-state index contributed by atoms with van der Waals surface area (Å²) in [4.78, 5) is 18.2. The van der Waals surface area contributed by atoms with E-state index in [9.17, 15) is 18.3 Å². The van der Waals surface area contributed by atoms with Crippen LogP contribution in [0.3, 0.4) is 0 Å². The highest BCUT2D eigenvalue weighted by atomic mass is 32.2. The lowest BCUT2D eigenvalue weighted by molar-refractivity contribution is -0.0172. The molecule has 0 bridgehead atoms. The number of amides is 1. The zero-order chi connectivity index (χ0) is 31.3. The van der Waals surface area contributed by atoms with E-state index >= 15 is 0 Å². The van der Waals surface area contributed by atoms with E-state index in [2.05, 4.69) is 28.8 Å². The second-order valence-electron chi connectivity index (χ2n) is 12.4. The second-order valence-corrected chi connectivity index (χ2v) is 14.1. The molecule has 0 radical (unpaired) electrons. The lowest BCUT2D eigenvalue weighted by Gasteiger charge is -2.36. The Morgan fingerprint density at radius 2 is 1.91 bits per heavy atom. The van der Waals surface area contributed by atoms with Crippen molar-refractivity contribution >= 4 is 21.6 Å². The van der Waals surface area contributed by atoms with Gasteiger partial charge in [-0.15, -0.1) is 0 Å². The quantitative estimate of drug-likeness (QED) is 0.422. The number of nitrogens with zero attached hydrogens (tertiary/aromatic N) is 3. The predicted molar refractivity (Wildman–Crippen MR) is 164 cm³/mol. The van der Waals surface area contributed by atoms with Gasteiger partial charge in [0.15, 0.2) is 10.7 Å². The summed E-state index contributed by atoms with van der Waals surface area (Å²) in [7, 11) is -1.91. The summed E-state index contributed by atoms with van der Waals surface area (Å²) in [6.45, 7) is 11.5. The van der Waals surface area contributed by atoms with E-state index in [1.165, 1.54) is 25.8 Å². The molecule has 2 N–H and O–H groups in total. The molecular formula is C31H48N4O7S. The Morgan fingerprint density at radius 3 is 2.56 bits per heavy atom. The molecule has 11 nitrogen and oxygen atoms in total. The number of likely N-dealkylation sites (N-methyl/N-ethyl adjacent to an activating group) is 1. The summed E-state index contributed by atoms with van der Waals surface area (Å²) in [5.74, 6) is 0.930. The summed E-state index contributed by atoms with van der Waals surface area (Å²) in [6.07, 6.45) is 4.86. The van der Waals surface area contributed by atoms with Crippen molar-refractivity contribution in [3.63, 3.8) is 0 Å². The highest BCUT2D eigenvalue weighted by Gasteiger charge is 2.32.